The minimum atomic E-state index is -4.63. The van der Waals surface area contributed by atoms with Gasteiger partial charge in [0.1, 0.15) is 5.82 Å². The number of ether oxygens (including phenoxy) is 1. The summed E-state index contributed by atoms with van der Waals surface area (Å²) in [6, 6.07) is 3.80. The summed E-state index contributed by atoms with van der Waals surface area (Å²) in [5.74, 6) is -0.238. The quantitative estimate of drug-likeness (QED) is 0.693. The molecule has 1 aromatic heterocycles. The first kappa shape index (κ1) is 20.8. The molecule has 1 aromatic carbocycles. The number of carbonyl (C=O) groups is 1. The van der Waals surface area contributed by atoms with Crippen LogP contribution in [0.3, 0.4) is 0 Å². The van der Waals surface area contributed by atoms with Crippen molar-refractivity contribution in [3.63, 3.8) is 0 Å². The molecule has 1 aliphatic heterocycles. The van der Waals surface area contributed by atoms with Gasteiger partial charge in [-0.05, 0) is 11.6 Å². The maximum absolute atomic E-state index is 12.9. The van der Waals surface area contributed by atoms with Crippen molar-refractivity contribution in [2.75, 3.05) is 24.6 Å². The van der Waals surface area contributed by atoms with Crippen LogP contribution in [0, 0.1) is 0 Å². The number of nitrogens with zero attached hydrogens (tertiary/aromatic N) is 4. The Morgan fingerprint density at radius 1 is 1.07 bits per heavy atom. The highest BCUT2D eigenvalue weighted by Crippen LogP contribution is 2.30. The number of rotatable bonds is 5. The molecule has 156 valence electrons. The SMILES string of the molecule is O=C1CCN(c2nc(Cc3cccc(C(F)(F)F)c3)nc(OCC(F)(F)F)n2)C1. The van der Waals surface area contributed by atoms with Gasteiger partial charge in [-0.2, -0.15) is 41.3 Å². The third kappa shape index (κ3) is 5.78. The van der Waals surface area contributed by atoms with E-state index in [0.717, 1.165) is 12.1 Å². The molecule has 1 aliphatic rings. The Hall–Kier alpha value is -2.92. The number of anilines is 1. The van der Waals surface area contributed by atoms with Gasteiger partial charge in [-0.25, -0.2) is 0 Å². The Morgan fingerprint density at radius 3 is 2.45 bits per heavy atom. The second-order valence-electron chi connectivity index (χ2n) is 6.32. The maximum Gasteiger partial charge on any atom is 0.422 e. The predicted molar refractivity (Wildman–Crippen MR) is 87.5 cm³/mol. The molecule has 0 N–H and O–H groups in total. The van der Waals surface area contributed by atoms with E-state index in [4.69, 9.17) is 0 Å². The molecule has 0 saturated carbocycles. The first-order valence-corrected chi connectivity index (χ1v) is 8.37. The van der Waals surface area contributed by atoms with Gasteiger partial charge >= 0.3 is 18.4 Å². The molecule has 1 saturated heterocycles. The van der Waals surface area contributed by atoms with Gasteiger partial charge in [0.2, 0.25) is 5.95 Å². The van der Waals surface area contributed by atoms with Gasteiger partial charge in [0.15, 0.2) is 12.4 Å². The summed E-state index contributed by atoms with van der Waals surface area (Å²) in [5, 5.41) is 0. The molecule has 0 bridgehead atoms. The predicted octanol–water partition coefficient (Wildman–Crippen LogP) is 3.20. The third-order valence-corrected chi connectivity index (χ3v) is 3.94. The molecular weight excluding hydrogens is 406 g/mol. The lowest BCUT2D eigenvalue weighted by atomic mass is 10.1. The molecule has 0 atom stereocenters. The van der Waals surface area contributed by atoms with Crippen molar-refractivity contribution in [2.45, 2.75) is 25.2 Å². The fourth-order valence-corrected chi connectivity index (χ4v) is 2.66. The van der Waals surface area contributed by atoms with Gasteiger partial charge < -0.3 is 9.64 Å². The van der Waals surface area contributed by atoms with E-state index >= 15 is 0 Å². The number of hydrogen-bond acceptors (Lipinski definition) is 6. The second-order valence-corrected chi connectivity index (χ2v) is 6.32. The number of ketones is 1. The van der Waals surface area contributed by atoms with Crippen LogP contribution in [0.5, 0.6) is 6.01 Å². The van der Waals surface area contributed by atoms with Gasteiger partial charge in [0.25, 0.3) is 0 Å². The summed E-state index contributed by atoms with van der Waals surface area (Å²) in [6.07, 6.45) is -9.13. The fourth-order valence-electron chi connectivity index (χ4n) is 2.66. The van der Waals surface area contributed by atoms with Crippen molar-refractivity contribution in [1.29, 1.82) is 0 Å². The summed E-state index contributed by atoms with van der Waals surface area (Å²) in [5.41, 5.74) is -0.667. The highest BCUT2D eigenvalue weighted by molar-refractivity contribution is 5.86. The number of halogens is 6. The van der Waals surface area contributed by atoms with Crippen LogP contribution >= 0.6 is 0 Å². The van der Waals surface area contributed by atoms with Crippen LogP contribution in [0.2, 0.25) is 0 Å². The van der Waals surface area contributed by atoms with Crippen LogP contribution in [-0.2, 0) is 17.4 Å². The summed E-state index contributed by atoms with van der Waals surface area (Å²) < 4.78 is 80.5. The van der Waals surface area contributed by atoms with Gasteiger partial charge in [-0.3, -0.25) is 4.79 Å². The summed E-state index contributed by atoms with van der Waals surface area (Å²) >= 11 is 0. The first-order valence-electron chi connectivity index (χ1n) is 8.37. The molecule has 2 heterocycles. The Balaban J connectivity index is 1.89. The average Bonchev–Trinajstić information content (AvgIpc) is 3.05. The molecule has 2 aromatic rings. The van der Waals surface area contributed by atoms with Crippen LogP contribution in [0.1, 0.15) is 23.4 Å². The standard InChI is InChI=1S/C17H14F6N4O2/c18-16(19,20)9-29-15-25-13(24-14(26-15)27-5-4-12(28)8-27)7-10-2-1-3-11(6-10)17(21,22)23/h1-3,6H,4-5,7-9H2. The fraction of sp³-hybridized carbons (Fsp3) is 0.412. The van der Waals surface area contributed by atoms with E-state index in [-0.39, 0.29) is 49.1 Å². The largest absolute Gasteiger partial charge is 0.454 e. The topological polar surface area (TPSA) is 68.2 Å². The number of alkyl halides is 6. The smallest absolute Gasteiger partial charge is 0.422 e. The molecule has 1 fully saturated rings. The van der Waals surface area contributed by atoms with Gasteiger partial charge in [0, 0.05) is 19.4 Å². The Labute approximate surface area is 160 Å². The van der Waals surface area contributed by atoms with Crippen LogP contribution in [0.15, 0.2) is 24.3 Å². The second kappa shape index (κ2) is 7.84. The van der Waals surface area contributed by atoms with Crippen molar-refractivity contribution >= 4 is 11.7 Å². The summed E-state index contributed by atoms with van der Waals surface area (Å²) in [7, 11) is 0. The highest BCUT2D eigenvalue weighted by atomic mass is 19.4. The minimum absolute atomic E-state index is 0.0221. The van der Waals surface area contributed by atoms with Crippen LogP contribution in [0.25, 0.3) is 0 Å². The van der Waals surface area contributed by atoms with Crippen molar-refractivity contribution in [3.05, 3.63) is 41.2 Å². The first-order chi connectivity index (χ1) is 13.5. The lowest BCUT2D eigenvalue weighted by molar-refractivity contribution is -0.154. The van der Waals surface area contributed by atoms with Crippen LogP contribution < -0.4 is 9.64 Å². The average molecular weight is 420 g/mol. The maximum atomic E-state index is 12.9. The zero-order valence-electron chi connectivity index (χ0n) is 14.7. The molecule has 0 amide bonds. The van der Waals surface area contributed by atoms with Gasteiger partial charge in [0.05, 0.1) is 12.1 Å². The molecule has 12 heteroatoms. The lowest BCUT2D eigenvalue weighted by Crippen LogP contribution is -2.25. The molecule has 0 radical (unpaired) electrons. The summed E-state index contributed by atoms with van der Waals surface area (Å²) in [6.45, 7) is -1.39. The normalized spacial score (nSPS) is 15.1. The molecule has 3 rings (SSSR count). The zero-order chi connectivity index (χ0) is 21.2. The minimum Gasteiger partial charge on any atom is -0.454 e. The van der Waals surface area contributed by atoms with Crippen LogP contribution in [-0.4, -0.2) is 46.6 Å². The van der Waals surface area contributed by atoms with Gasteiger partial charge in [-0.15, -0.1) is 0 Å². The van der Waals surface area contributed by atoms with E-state index in [1.54, 1.807) is 0 Å². The zero-order valence-corrected chi connectivity index (χ0v) is 14.7. The van der Waals surface area contributed by atoms with E-state index in [0.29, 0.717) is 0 Å². The molecular formula is C17H14F6N4O2. The molecule has 0 spiro atoms. The molecule has 6 nitrogen and oxygen atoms in total. The van der Waals surface area contributed by atoms with Gasteiger partial charge in [-0.1, -0.05) is 18.2 Å². The van der Waals surface area contributed by atoms with E-state index < -0.39 is 30.5 Å². The lowest BCUT2D eigenvalue weighted by Gasteiger charge is -2.16. The third-order valence-electron chi connectivity index (χ3n) is 3.94. The van der Waals surface area contributed by atoms with E-state index in [9.17, 15) is 31.1 Å². The molecule has 0 unspecified atom stereocenters. The Morgan fingerprint density at radius 2 is 1.83 bits per heavy atom. The van der Waals surface area contributed by atoms with E-state index in [1.807, 2.05) is 0 Å². The molecule has 0 aliphatic carbocycles. The van der Waals surface area contributed by atoms with Crippen molar-refractivity contribution in [3.8, 4) is 6.01 Å². The summed E-state index contributed by atoms with van der Waals surface area (Å²) in [4.78, 5) is 24.6. The van der Waals surface area contributed by atoms with Crippen molar-refractivity contribution in [1.82, 2.24) is 15.0 Å². The van der Waals surface area contributed by atoms with E-state index in [2.05, 4.69) is 19.7 Å². The Bertz CT molecular complexity index is 900. The Kier molecular flexibility index (Phi) is 5.62. The number of Topliss-reactive ketones (excluding diaryl/α,β-unsaturated/α-hetero) is 1. The number of carbonyl (C=O) groups excluding carboxylic acids is 1. The van der Waals surface area contributed by atoms with Crippen molar-refractivity contribution < 1.29 is 35.9 Å². The number of aromatic nitrogens is 3. The monoisotopic (exact) mass is 420 g/mol. The highest BCUT2D eigenvalue weighted by Gasteiger charge is 2.31. The number of benzene rings is 1. The van der Waals surface area contributed by atoms with Crippen molar-refractivity contribution in [2.24, 2.45) is 0 Å². The number of hydrogen-bond donors (Lipinski definition) is 0. The van der Waals surface area contributed by atoms with Crippen LogP contribution in [0.4, 0.5) is 32.3 Å². The molecule has 29 heavy (non-hydrogen) atoms. The van der Waals surface area contributed by atoms with E-state index in [1.165, 1.54) is 17.0 Å².